The maximum Gasteiger partial charge on any atom is 0.257 e. The molecule has 27 heavy (non-hydrogen) atoms. The van der Waals surface area contributed by atoms with Gasteiger partial charge in [0.15, 0.2) is 5.82 Å². The van der Waals surface area contributed by atoms with E-state index in [4.69, 9.17) is 4.52 Å². The minimum atomic E-state index is -3.60. The normalized spacial score (nSPS) is 18.3. The zero-order valence-corrected chi connectivity index (χ0v) is 16.3. The number of hydrogen-bond donors (Lipinski definition) is 0. The largest absolute Gasteiger partial charge is 0.334 e. The van der Waals surface area contributed by atoms with Crippen LogP contribution in [-0.2, 0) is 17.1 Å². The third kappa shape index (κ3) is 3.06. The van der Waals surface area contributed by atoms with Gasteiger partial charge in [0.1, 0.15) is 4.90 Å². The van der Waals surface area contributed by atoms with Crippen molar-refractivity contribution < 1.29 is 12.9 Å². The van der Waals surface area contributed by atoms with E-state index >= 15 is 0 Å². The number of benzene rings is 1. The van der Waals surface area contributed by atoms with Gasteiger partial charge >= 0.3 is 0 Å². The Morgan fingerprint density at radius 3 is 2.59 bits per heavy atom. The van der Waals surface area contributed by atoms with Crippen molar-refractivity contribution in [2.45, 2.75) is 31.1 Å². The first kappa shape index (κ1) is 17.9. The van der Waals surface area contributed by atoms with E-state index in [9.17, 15) is 8.42 Å². The monoisotopic (exact) mass is 387 g/mol. The van der Waals surface area contributed by atoms with E-state index < -0.39 is 10.0 Å². The molecule has 3 aromatic rings. The molecule has 1 aromatic carbocycles. The summed E-state index contributed by atoms with van der Waals surface area (Å²) >= 11 is 0. The lowest BCUT2D eigenvalue weighted by atomic mass is 10.1. The van der Waals surface area contributed by atoms with Gasteiger partial charge in [0.25, 0.3) is 5.89 Å². The summed E-state index contributed by atoms with van der Waals surface area (Å²) < 4.78 is 34.7. The van der Waals surface area contributed by atoms with Crippen molar-refractivity contribution in [3.05, 3.63) is 47.5 Å². The quantitative estimate of drug-likeness (QED) is 0.682. The average Bonchev–Trinajstić information content (AvgIpc) is 3.36. The van der Waals surface area contributed by atoms with E-state index in [-0.39, 0.29) is 5.92 Å². The van der Waals surface area contributed by atoms with E-state index in [1.807, 2.05) is 30.3 Å². The minimum Gasteiger partial charge on any atom is -0.334 e. The first-order valence-electron chi connectivity index (χ1n) is 8.77. The van der Waals surface area contributed by atoms with Gasteiger partial charge in [-0.15, -0.1) is 0 Å². The fourth-order valence-corrected chi connectivity index (χ4v) is 5.41. The number of hydrogen-bond acceptors (Lipinski definition) is 6. The first-order valence-corrected chi connectivity index (χ1v) is 10.2. The van der Waals surface area contributed by atoms with Crippen LogP contribution in [0.25, 0.3) is 11.5 Å². The summed E-state index contributed by atoms with van der Waals surface area (Å²) in [6.07, 6.45) is 0.658. The molecule has 1 aliphatic rings. The number of sulfonamides is 1. The van der Waals surface area contributed by atoms with Gasteiger partial charge in [0.2, 0.25) is 10.0 Å². The number of rotatable bonds is 4. The molecular formula is C18H21N5O3S. The number of aryl methyl sites for hydroxylation is 2. The molecule has 0 saturated carbocycles. The second-order valence-corrected chi connectivity index (χ2v) is 8.67. The van der Waals surface area contributed by atoms with Gasteiger partial charge in [-0.1, -0.05) is 23.4 Å². The van der Waals surface area contributed by atoms with Crippen LogP contribution in [0.5, 0.6) is 0 Å². The van der Waals surface area contributed by atoms with Crippen LogP contribution in [0.4, 0.5) is 0 Å². The Bertz CT molecular complexity index is 1070. The Morgan fingerprint density at radius 1 is 1.19 bits per heavy atom. The minimum absolute atomic E-state index is 0.0849. The molecular weight excluding hydrogens is 366 g/mol. The maximum absolute atomic E-state index is 13.1. The molecule has 1 atom stereocenters. The van der Waals surface area contributed by atoms with Crippen LogP contribution in [0.1, 0.15) is 29.6 Å². The molecule has 0 radical (unpaired) electrons. The summed E-state index contributed by atoms with van der Waals surface area (Å²) in [5.74, 6) is 0.912. The molecule has 1 aliphatic heterocycles. The van der Waals surface area contributed by atoms with Gasteiger partial charge in [-0.05, 0) is 32.4 Å². The lowest BCUT2D eigenvalue weighted by Crippen LogP contribution is -2.29. The molecule has 0 amide bonds. The summed E-state index contributed by atoms with van der Waals surface area (Å²) in [7, 11) is -1.85. The van der Waals surface area contributed by atoms with Crippen molar-refractivity contribution in [3.63, 3.8) is 0 Å². The molecule has 1 saturated heterocycles. The summed E-state index contributed by atoms with van der Waals surface area (Å²) in [5, 5.41) is 8.31. The van der Waals surface area contributed by atoms with E-state index in [1.54, 1.807) is 25.6 Å². The van der Waals surface area contributed by atoms with Gasteiger partial charge in [0.05, 0.1) is 11.4 Å². The van der Waals surface area contributed by atoms with Crippen molar-refractivity contribution >= 4 is 10.0 Å². The standard InChI is InChI=1S/C18H21N5O3S/c1-12-16(13(2)22(3)20-12)27(24,25)23-10-9-15(11-23)17-19-18(26-21-17)14-7-5-4-6-8-14/h4-8,15H,9-11H2,1-3H3. The van der Waals surface area contributed by atoms with E-state index in [0.29, 0.717) is 47.5 Å². The Balaban J connectivity index is 1.56. The Hall–Kier alpha value is -2.52. The predicted octanol–water partition coefficient (Wildman–Crippen LogP) is 2.27. The van der Waals surface area contributed by atoms with Gasteiger partial charge < -0.3 is 4.52 Å². The van der Waals surface area contributed by atoms with Crippen LogP contribution in [0, 0.1) is 13.8 Å². The summed E-state index contributed by atoms with van der Waals surface area (Å²) in [6, 6.07) is 9.53. The highest BCUT2D eigenvalue weighted by Crippen LogP contribution is 2.32. The maximum atomic E-state index is 13.1. The lowest BCUT2D eigenvalue weighted by molar-refractivity contribution is 0.414. The highest BCUT2D eigenvalue weighted by Gasteiger charge is 2.38. The molecule has 9 heteroatoms. The molecule has 1 unspecified atom stereocenters. The van der Waals surface area contributed by atoms with Crippen LogP contribution in [-0.4, -0.2) is 45.7 Å². The Labute approximate surface area is 157 Å². The van der Waals surface area contributed by atoms with Crippen LogP contribution in [0.2, 0.25) is 0 Å². The molecule has 2 aromatic heterocycles. The van der Waals surface area contributed by atoms with Crippen LogP contribution in [0.15, 0.2) is 39.8 Å². The molecule has 0 N–H and O–H groups in total. The lowest BCUT2D eigenvalue weighted by Gasteiger charge is -2.16. The Kier molecular flexibility index (Phi) is 4.35. The number of aromatic nitrogens is 4. The molecule has 142 valence electrons. The summed E-state index contributed by atoms with van der Waals surface area (Å²) in [6.45, 7) is 4.25. The second-order valence-electron chi connectivity index (χ2n) is 6.80. The van der Waals surface area contributed by atoms with Crippen molar-refractivity contribution in [3.8, 4) is 11.5 Å². The smallest absolute Gasteiger partial charge is 0.257 e. The highest BCUT2D eigenvalue weighted by molar-refractivity contribution is 7.89. The highest BCUT2D eigenvalue weighted by atomic mass is 32.2. The molecule has 0 spiro atoms. The zero-order valence-electron chi connectivity index (χ0n) is 15.5. The fraction of sp³-hybridized carbons (Fsp3) is 0.389. The van der Waals surface area contributed by atoms with E-state index in [1.165, 1.54) is 4.31 Å². The molecule has 8 nitrogen and oxygen atoms in total. The van der Waals surface area contributed by atoms with Crippen molar-refractivity contribution in [1.82, 2.24) is 24.2 Å². The van der Waals surface area contributed by atoms with Crippen molar-refractivity contribution in [1.29, 1.82) is 0 Å². The van der Waals surface area contributed by atoms with Crippen LogP contribution < -0.4 is 0 Å². The fourth-order valence-electron chi connectivity index (χ4n) is 3.51. The molecule has 1 fully saturated rings. The van der Waals surface area contributed by atoms with E-state index in [0.717, 1.165) is 5.56 Å². The third-order valence-electron chi connectivity index (χ3n) is 5.02. The topological polar surface area (TPSA) is 94.1 Å². The summed E-state index contributed by atoms with van der Waals surface area (Å²) in [4.78, 5) is 4.77. The second kappa shape index (κ2) is 6.58. The average molecular weight is 387 g/mol. The SMILES string of the molecule is Cc1nn(C)c(C)c1S(=O)(=O)N1CCC(c2noc(-c3ccccc3)n2)C1. The predicted molar refractivity (Wildman–Crippen MR) is 98.5 cm³/mol. The van der Waals surface area contributed by atoms with Crippen molar-refractivity contribution in [2.24, 2.45) is 7.05 Å². The Morgan fingerprint density at radius 2 is 1.93 bits per heavy atom. The molecule has 3 heterocycles. The molecule has 0 aliphatic carbocycles. The summed E-state index contributed by atoms with van der Waals surface area (Å²) in [5.41, 5.74) is 2.01. The number of nitrogens with zero attached hydrogens (tertiary/aromatic N) is 5. The van der Waals surface area contributed by atoms with Crippen LogP contribution >= 0.6 is 0 Å². The van der Waals surface area contributed by atoms with Gasteiger partial charge in [-0.25, -0.2) is 8.42 Å². The van der Waals surface area contributed by atoms with Crippen LogP contribution in [0.3, 0.4) is 0 Å². The van der Waals surface area contributed by atoms with Gasteiger partial charge in [0, 0.05) is 31.6 Å². The van der Waals surface area contributed by atoms with Crippen molar-refractivity contribution in [2.75, 3.05) is 13.1 Å². The van der Waals surface area contributed by atoms with E-state index in [2.05, 4.69) is 15.2 Å². The third-order valence-corrected chi connectivity index (χ3v) is 7.14. The first-order chi connectivity index (χ1) is 12.9. The van der Waals surface area contributed by atoms with Gasteiger partial charge in [-0.2, -0.15) is 14.4 Å². The molecule has 4 rings (SSSR count). The molecule has 0 bridgehead atoms. The van der Waals surface area contributed by atoms with Gasteiger partial charge in [-0.3, -0.25) is 4.68 Å². The zero-order chi connectivity index (χ0) is 19.2.